The van der Waals surface area contributed by atoms with Crippen LogP contribution in [-0.2, 0) is 20.7 Å². The minimum Gasteiger partial charge on any atom is -0.381 e. The summed E-state index contributed by atoms with van der Waals surface area (Å²) >= 11 is 0. The maximum atomic E-state index is 12.8. The van der Waals surface area contributed by atoms with E-state index in [1.54, 1.807) is 6.33 Å². The highest BCUT2D eigenvalue weighted by atomic mass is 16.5. The number of amides is 1. The summed E-state index contributed by atoms with van der Waals surface area (Å²) in [4.78, 5) is 23.1. The molecule has 3 saturated heterocycles. The quantitative estimate of drug-likeness (QED) is 0.836. The third-order valence-corrected chi connectivity index (χ3v) is 6.28. The Morgan fingerprint density at radius 1 is 1.12 bits per heavy atom. The lowest BCUT2D eigenvalue weighted by Gasteiger charge is -2.43. The van der Waals surface area contributed by atoms with Crippen molar-refractivity contribution in [1.29, 1.82) is 0 Å². The molecule has 1 spiro atoms. The van der Waals surface area contributed by atoms with Gasteiger partial charge in [0.1, 0.15) is 6.33 Å². The average molecular weight is 345 g/mol. The Morgan fingerprint density at radius 2 is 1.84 bits per heavy atom. The number of ether oxygens (including phenoxy) is 2. The molecule has 0 radical (unpaired) electrons. The fraction of sp³-hybridized carbons (Fsp3) is 0.737. The smallest absolute Gasteiger partial charge is 0.225 e. The predicted octanol–water partition coefficient (Wildman–Crippen LogP) is 1.84. The number of rotatable bonds is 3. The van der Waals surface area contributed by atoms with Gasteiger partial charge in [-0.2, -0.15) is 0 Å². The van der Waals surface area contributed by atoms with Gasteiger partial charge in [-0.1, -0.05) is 0 Å². The molecule has 136 valence electrons. The summed E-state index contributed by atoms with van der Waals surface area (Å²) in [5, 5.41) is 0. The van der Waals surface area contributed by atoms with Crippen LogP contribution in [0.5, 0.6) is 0 Å². The maximum absolute atomic E-state index is 12.8. The van der Waals surface area contributed by atoms with Crippen LogP contribution >= 0.6 is 0 Å². The Labute approximate surface area is 148 Å². The third-order valence-electron chi connectivity index (χ3n) is 6.28. The van der Waals surface area contributed by atoms with Gasteiger partial charge >= 0.3 is 0 Å². The summed E-state index contributed by atoms with van der Waals surface area (Å²) in [6.45, 7) is 4.00. The number of aromatic nitrogens is 2. The first-order valence-corrected chi connectivity index (χ1v) is 9.49. The molecule has 0 aromatic carbocycles. The van der Waals surface area contributed by atoms with Crippen LogP contribution in [0.4, 0.5) is 0 Å². The molecule has 25 heavy (non-hydrogen) atoms. The van der Waals surface area contributed by atoms with Gasteiger partial charge in [-0.05, 0) is 37.7 Å². The molecule has 0 unspecified atom stereocenters. The Bertz CT molecular complexity index is 581. The van der Waals surface area contributed by atoms with Crippen molar-refractivity contribution >= 4 is 5.91 Å². The SMILES string of the molecule is O=C(C1CCOCC1)N1CCC2(CCO[C@H]2Cc2cncnc2)CC1. The van der Waals surface area contributed by atoms with Gasteiger partial charge in [0, 0.05) is 63.1 Å². The summed E-state index contributed by atoms with van der Waals surface area (Å²) in [6, 6.07) is 0. The van der Waals surface area contributed by atoms with Gasteiger partial charge in [0.2, 0.25) is 5.91 Å². The van der Waals surface area contributed by atoms with Crippen molar-refractivity contribution in [2.75, 3.05) is 32.9 Å². The van der Waals surface area contributed by atoms with E-state index in [9.17, 15) is 4.79 Å². The zero-order valence-corrected chi connectivity index (χ0v) is 14.7. The van der Waals surface area contributed by atoms with Gasteiger partial charge in [0.25, 0.3) is 0 Å². The first-order chi connectivity index (χ1) is 12.3. The summed E-state index contributed by atoms with van der Waals surface area (Å²) in [5.74, 6) is 0.505. The van der Waals surface area contributed by atoms with Gasteiger partial charge in [-0.25, -0.2) is 9.97 Å². The molecule has 3 aliphatic rings. The molecular formula is C19H27N3O3. The number of hydrogen-bond acceptors (Lipinski definition) is 5. The van der Waals surface area contributed by atoms with E-state index in [0.717, 1.165) is 77.0 Å². The highest BCUT2D eigenvalue weighted by Crippen LogP contribution is 2.45. The summed E-state index contributed by atoms with van der Waals surface area (Å²) in [5.41, 5.74) is 1.34. The molecule has 6 nitrogen and oxygen atoms in total. The standard InChI is InChI=1S/C19H27N3O3/c23-18(16-1-8-24-9-2-16)22-6-3-19(4-7-22)5-10-25-17(19)11-15-12-20-14-21-13-15/h12-14,16-17H,1-11H2/t17-/m0/s1. The molecule has 3 fully saturated rings. The number of piperidine rings is 1. The highest BCUT2D eigenvalue weighted by molar-refractivity contribution is 5.79. The predicted molar refractivity (Wildman–Crippen MR) is 91.9 cm³/mol. The lowest BCUT2D eigenvalue weighted by atomic mass is 9.71. The number of hydrogen-bond donors (Lipinski definition) is 0. The topological polar surface area (TPSA) is 64.5 Å². The minimum absolute atomic E-state index is 0.167. The molecular weight excluding hydrogens is 318 g/mol. The Balaban J connectivity index is 1.37. The van der Waals surface area contributed by atoms with Crippen molar-refractivity contribution in [3.05, 3.63) is 24.3 Å². The number of carbonyl (C=O) groups is 1. The molecule has 3 aliphatic heterocycles. The van der Waals surface area contributed by atoms with E-state index in [1.165, 1.54) is 0 Å². The van der Waals surface area contributed by atoms with Gasteiger partial charge in [-0.15, -0.1) is 0 Å². The van der Waals surface area contributed by atoms with Crippen LogP contribution in [0, 0.1) is 11.3 Å². The van der Waals surface area contributed by atoms with Crippen LogP contribution in [0.3, 0.4) is 0 Å². The minimum atomic E-state index is 0.167. The van der Waals surface area contributed by atoms with Crippen LogP contribution in [0.2, 0.25) is 0 Å². The first-order valence-electron chi connectivity index (χ1n) is 9.49. The highest BCUT2D eigenvalue weighted by Gasteiger charge is 2.46. The van der Waals surface area contributed by atoms with Crippen LogP contribution < -0.4 is 0 Å². The molecule has 0 bridgehead atoms. The van der Waals surface area contributed by atoms with E-state index in [2.05, 4.69) is 14.9 Å². The summed E-state index contributed by atoms with van der Waals surface area (Å²) in [7, 11) is 0. The van der Waals surface area contributed by atoms with Crippen molar-refractivity contribution in [2.24, 2.45) is 11.3 Å². The normalized spacial score (nSPS) is 26.9. The molecule has 1 atom stereocenters. The third kappa shape index (κ3) is 3.55. The molecule has 0 N–H and O–H groups in total. The second-order valence-electron chi connectivity index (χ2n) is 7.63. The number of likely N-dealkylation sites (tertiary alicyclic amines) is 1. The van der Waals surface area contributed by atoms with E-state index in [0.29, 0.717) is 5.91 Å². The van der Waals surface area contributed by atoms with Gasteiger partial charge < -0.3 is 14.4 Å². The van der Waals surface area contributed by atoms with E-state index in [-0.39, 0.29) is 17.4 Å². The van der Waals surface area contributed by atoms with Crippen molar-refractivity contribution < 1.29 is 14.3 Å². The molecule has 1 amide bonds. The van der Waals surface area contributed by atoms with Crippen molar-refractivity contribution in [3.63, 3.8) is 0 Å². The number of carbonyl (C=O) groups excluding carboxylic acids is 1. The molecule has 1 aromatic rings. The van der Waals surface area contributed by atoms with Crippen molar-refractivity contribution in [2.45, 2.75) is 44.6 Å². The molecule has 4 rings (SSSR count). The van der Waals surface area contributed by atoms with Gasteiger partial charge in [-0.3, -0.25) is 4.79 Å². The Morgan fingerprint density at radius 3 is 2.56 bits per heavy atom. The van der Waals surface area contributed by atoms with Crippen LogP contribution in [-0.4, -0.2) is 59.8 Å². The van der Waals surface area contributed by atoms with E-state index < -0.39 is 0 Å². The Kier molecular flexibility index (Phi) is 4.99. The summed E-state index contributed by atoms with van der Waals surface area (Å²) < 4.78 is 11.5. The molecule has 6 heteroatoms. The van der Waals surface area contributed by atoms with Crippen LogP contribution in [0.1, 0.15) is 37.7 Å². The number of nitrogens with zero attached hydrogens (tertiary/aromatic N) is 3. The van der Waals surface area contributed by atoms with Gasteiger partial charge in [0.05, 0.1) is 6.10 Å². The van der Waals surface area contributed by atoms with Crippen molar-refractivity contribution in [3.8, 4) is 0 Å². The summed E-state index contributed by atoms with van der Waals surface area (Å²) in [6.07, 6.45) is 11.4. The van der Waals surface area contributed by atoms with Crippen molar-refractivity contribution in [1.82, 2.24) is 14.9 Å². The maximum Gasteiger partial charge on any atom is 0.225 e. The van der Waals surface area contributed by atoms with E-state index in [4.69, 9.17) is 9.47 Å². The van der Waals surface area contributed by atoms with E-state index in [1.807, 2.05) is 12.4 Å². The molecule has 0 saturated carbocycles. The zero-order valence-electron chi connectivity index (χ0n) is 14.7. The molecule has 1 aromatic heterocycles. The lowest BCUT2D eigenvalue weighted by Crippen LogP contribution is -2.49. The van der Waals surface area contributed by atoms with E-state index >= 15 is 0 Å². The second-order valence-corrected chi connectivity index (χ2v) is 7.63. The Hall–Kier alpha value is -1.53. The van der Waals surface area contributed by atoms with Crippen LogP contribution in [0.15, 0.2) is 18.7 Å². The lowest BCUT2D eigenvalue weighted by molar-refractivity contribution is -0.141. The monoisotopic (exact) mass is 345 g/mol. The zero-order chi connectivity index (χ0) is 17.1. The largest absolute Gasteiger partial charge is 0.381 e. The first kappa shape index (κ1) is 16.9. The molecule has 4 heterocycles. The van der Waals surface area contributed by atoms with Crippen LogP contribution in [0.25, 0.3) is 0 Å². The molecule has 0 aliphatic carbocycles. The fourth-order valence-corrected chi connectivity index (χ4v) is 4.61. The fourth-order valence-electron chi connectivity index (χ4n) is 4.61. The average Bonchev–Trinajstić information content (AvgIpc) is 3.05. The second kappa shape index (κ2) is 7.38. The van der Waals surface area contributed by atoms with Gasteiger partial charge in [0.15, 0.2) is 0 Å².